The molecule has 1 aliphatic rings. The highest BCUT2D eigenvalue weighted by molar-refractivity contribution is 7.80. The number of hydrogen-bond acceptors (Lipinski definition) is 5. The average Bonchev–Trinajstić information content (AvgIpc) is 2.75. The molecule has 0 unspecified atom stereocenters. The highest BCUT2D eigenvalue weighted by Crippen LogP contribution is 2.39. The number of anilines is 2. The largest absolute Gasteiger partial charge is 0.492 e. The van der Waals surface area contributed by atoms with Gasteiger partial charge in [0.1, 0.15) is 11.5 Å². The Morgan fingerprint density at radius 2 is 1.63 bits per heavy atom. The van der Waals surface area contributed by atoms with Gasteiger partial charge in [-0.3, -0.25) is 0 Å². The summed E-state index contributed by atoms with van der Waals surface area (Å²) in [5.41, 5.74) is 1.87. The number of thiocarbonyl (C=S) groups is 1. The van der Waals surface area contributed by atoms with Crippen LogP contribution in [0.5, 0.6) is 11.5 Å². The predicted molar refractivity (Wildman–Crippen MR) is 129 cm³/mol. The third-order valence-electron chi connectivity index (χ3n) is 5.08. The summed E-state index contributed by atoms with van der Waals surface area (Å²) in [4.78, 5) is 2.29. The first-order valence-electron chi connectivity index (χ1n) is 11.5. The Labute approximate surface area is 187 Å². The van der Waals surface area contributed by atoms with Crippen molar-refractivity contribution in [3.63, 3.8) is 0 Å². The van der Waals surface area contributed by atoms with Crippen LogP contribution in [-0.4, -0.2) is 51.2 Å². The monoisotopic (exact) mass is 437 g/mol. The molecule has 0 bridgehead atoms. The van der Waals surface area contributed by atoms with E-state index in [0.717, 1.165) is 62.1 Å². The minimum Gasteiger partial charge on any atom is -0.492 e. The summed E-state index contributed by atoms with van der Waals surface area (Å²) in [6.45, 7) is 11.4. The lowest BCUT2D eigenvalue weighted by Crippen LogP contribution is -2.36. The second-order valence-electron chi connectivity index (χ2n) is 7.43. The first kappa shape index (κ1) is 24.5. The molecule has 1 aromatic carbocycles. The lowest BCUT2D eigenvalue weighted by Gasteiger charge is -2.31. The molecule has 2 N–H and O–H groups in total. The second-order valence-corrected chi connectivity index (χ2v) is 7.84. The SMILES string of the molecule is CCCCCCCCNC(=S)Nc1cc(OCC)c(N2CCOCC2)cc1OCC. The van der Waals surface area contributed by atoms with E-state index in [1.54, 1.807) is 0 Å². The zero-order chi connectivity index (χ0) is 21.6. The van der Waals surface area contributed by atoms with Gasteiger partial charge < -0.3 is 29.7 Å². The Hall–Kier alpha value is -1.73. The van der Waals surface area contributed by atoms with Gasteiger partial charge in [0, 0.05) is 31.8 Å². The van der Waals surface area contributed by atoms with Crippen molar-refractivity contribution in [1.29, 1.82) is 0 Å². The summed E-state index contributed by atoms with van der Waals surface area (Å²) in [6.07, 6.45) is 7.60. The van der Waals surface area contributed by atoms with E-state index in [0.29, 0.717) is 18.3 Å². The maximum atomic E-state index is 5.95. The van der Waals surface area contributed by atoms with Crippen molar-refractivity contribution in [1.82, 2.24) is 5.32 Å². The Morgan fingerprint density at radius 1 is 0.967 bits per heavy atom. The number of hydrogen-bond donors (Lipinski definition) is 2. The standard InChI is InChI=1S/C23H39N3O3S/c1-4-7-8-9-10-11-12-24-23(30)25-19-17-22(29-6-3)20(18-21(19)28-5-2)26-13-15-27-16-14-26/h17-18H,4-16H2,1-3H3,(H2,24,25,30). The lowest BCUT2D eigenvalue weighted by atomic mass is 10.1. The number of nitrogens with zero attached hydrogens (tertiary/aromatic N) is 1. The summed E-state index contributed by atoms with van der Waals surface area (Å²) in [7, 11) is 0. The first-order valence-corrected chi connectivity index (χ1v) is 11.9. The molecule has 170 valence electrons. The van der Waals surface area contributed by atoms with Crippen LogP contribution in [0.3, 0.4) is 0 Å². The van der Waals surface area contributed by atoms with Crippen LogP contribution in [0, 0.1) is 0 Å². The number of benzene rings is 1. The summed E-state index contributed by atoms with van der Waals surface area (Å²) >= 11 is 5.52. The topological polar surface area (TPSA) is 55.0 Å². The molecule has 0 aliphatic carbocycles. The summed E-state index contributed by atoms with van der Waals surface area (Å²) in [5, 5.41) is 7.24. The highest BCUT2D eigenvalue weighted by Gasteiger charge is 2.20. The van der Waals surface area contributed by atoms with Crippen LogP contribution >= 0.6 is 12.2 Å². The van der Waals surface area contributed by atoms with Gasteiger partial charge in [0.2, 0.25) is 0 Å². The zero-order valence-corrected chi connectivity index (χ0v) is 19.7. The fourth-order valence-electron chi connectivity index (χ4n) is 3.52. The van der Waals surface area contributed by atoms with Crippen LogP contribution in [0.1, 0.15) is 59.3 Å². The van der Waals surface area contributed by atoms with Crippen molar-refractivity contribution < 1.29 is 14.2 Å². The minimum absolute atomic E-state index is 0.586. The Kier molecular flexibility index (Phi) is 11.7. The van der Waals surface area contributed by atoms with Crippen LogP contribution in [0.25, 0.3) is 0 Å². The van der Waals surface area contributed by atoms with Gasteiger partial charge in [-0.1, -0.05) is 39.0 Å². The van der Waals surface area contributed by atoms with Gasteiger partial charge in [0.15, 0.2) is 5.11 Å². The van der Waals surface area contributed by atoms with Crippen LogP contribution in [0.4, 0.5) is 11.4 Å². The lowest BCUT2D eigenvalue weighted by molar-refractivity contribution is 0.122. The molecule has 1 aliphatic heterocycles. The van der Waals surface area contributed by atoms with Crippen LogP contribution < -0.4 is 25.0 Å². The third kappa shape index (κ3) is 8.19. The Balaban J connectivity index is 2.00. The van der Waals surface area contributed by atoms with Gasteiger partial charge in [0.25, 0.3) is 0 Å². The van der Waals surface area contributed by atoms with E-state index in [4.69, 9.17) is 26.4 Å². The van der Waals surface area contributed by atoms with Crippen LogP contribution in [0.2, 0.25) is 0 Å². The smallest absolute Gasteiger partial charge is 0.170 e. The molecule has 0 spiro atoms. The van der Waals surface area contributed by atoms with Gasteiger partial charge in [-0.2, -0.15) is 0 Å². The molecule has 30 heavy (non-hydrogen) atoms. The molecule has 7 heteroatoms. The molecular weight excluding hydrogens is 398 g/mol. The second kappa shape index (κ2) is 14.3. The Bertz CT molecular complexity index is 636. The fourth-order valence-corrected chi connectivity index (χ4v) is 3.73. The number of unbranched alkanes of at least 4 members (excludes halogenated alkanes) is 5. The maximum Gasteiger partial charge on any atom is 0.170 e. The first-order chi connectivity index (χ1) is 14.7. The molecule has 0 aromatic heterocycles. The fraction of sp³-hybridized carbons (Fsp3) is 0.696. The molecule has 0 saturated carbocycles. The molecule has 1 fully saturated rings. The number of rotatable bonds is 13. The van der Waals surface area contributed by atoms with Gasteiger partial charge in [0.05, 0.1) is 37.8 Å². The molecule has 0 atom stereocenters. The molecule has 1 saturated heterocycles. The Morgan fingerprint density at radius 3 is 2.33 bits per heavy atom. The highest BCUT2D eigenvalue weighted by atomic mass is 32.1. The summed E-state index contributed by atoms with van der Waals surface area (Å²) < 4.78 is 17.4. The molecule has 1 heterocycles. The molecule has 6 nitrogen and oxygen atoms in total. The van der Waals surface area contributed by atoms with E-state index in [9.17, 15) is 0 Å². The van der Waals surface area contributed by atoms with E-state index in [-0.39, 0.29) is 0 Å². The number of ether oxygens (including phenoxy) is 3. The van der Waals surface area contributed by atoms with Crippen molar-refractivity contribution in [2.24, 2.45) is 0 Å². The van der Waals surface area contributed by atoms with Gasteiger partial charge in [-0.15, -0.1) is 0 Å². The maximum absolute atomic E-state index is 5.95. The van der Waals surface area contributed by atoms with Crippen molar-refractivity contribution in [2.75, 3.05) is 56.3 Å². The van der Waals surface area contributed by atoms with E-state index < -0.39 is 0 Å². The normalized spacial score (nSPS) is 13.8. The molecule has 1 aromatic rings. The summed E-state index contributed by atoms with van der Waals surface area (Å²) in [5.74, 6) is 1.62. The summed E-state index contributed by atoms with van der Waals surface area (Å²) in [6, 6.07) is 4.05. The zero-order valence-electron chi connectivity index (χ0n) is 18.9. The van der Waals surface area contributed by atoms with Crippen molar-refractivity contribution in [3.8, 4) is 11.5 Å². The predicted octanol–water partition coefficient (Wildman–Crippen LogP) is 4.97. The van der Waals surface area contributed by atoms with Crippen molar-refractivity contribution >= 4 is 28.7 Å². The van der Waals surface area contributed by atoms with E-state index in [1.165, 1.54) is 32.1 Å². The third-order valence-corrected chi connectivity index (χ3v) is 5.32. The van der Waals surface area contributed by atoms with Crippen LogP contribution in [-0.2, 0) is 4.74 Å². The van der Waals surface area contributed by atoms with E-state index in [2.05, 4.69) is 28.5 Å². The number of morpholine rings is 1. The van der Waals surface area contributed by atoms with Gasteiger partial charge in [-0.05, 0) is 32.5 Å². The van der Waals surface area contributed by atoms with Crippen molar-refractivity contribution in [2.45, 2.75) is 59.3 Å². The van der Waals surface area contributed by atoms with Gasteiger partial charge in [-0.25, -0.2) is 0 Å². The molecular formula is C23H39N3O3S. The minimum atomic E-state index is 0.586. The molecule has 0 radical (unpaired) electrons. The van der Waals surface area contributed by atoms with E-state index in [1.807, 2.05) is 19.9 Å². The average molecular weight is 438 g/mol. The molecule has 2 rings (SSSR count). The van der Waals surface area contributed by atoms with Crippen LogP contribution in [0.15, 0.2) is 12.1 Å². The van der Waals surface area contributed by atoms with Crippen molar-refractivity contribution in [3.05, 3.63) is 12.1 Å². The quantitative estimate of drug-likeness (QED) is 0.334. The molecule has 0 amide bonds. The van der Waals surface area contributed by atoms with E-state index >= 15 is 0 Å². The number of nitrogens with one attached hydrogen (secondary N) is 2. The van der Waals surface area contributed by atoms with Gasteiger partial charge >= 0.3 is 0 Å².